The third-order valence-electron chi connectivity index (χ3n) is 9.81. The van der Waals surface area contributed by atoms with E-state index >= 15 is 0 Å². The number of primary amides is 1. The van der Waals surface area contributed by atoms with Gasteiger partial charge in [0.2, 0.25) is 5.91 Å². The number of nitrogens with zero attached hydrogens (tertiary/aromatic N) is 1. The number of rotatable bonds is 8. The highest BCUT2D eigenvalue weighted by Crippen LogP contribution is 2.58. The molecule has 3 N–H and O–H groups in total. The molecule has 7 nitrogen and oxygen atoms in total. The summed E-state index contributed by atoms with van der Waals surface area (Å²) in [5.74, 6) is 0.0718. The van der Waals surface area contributed by atoms with Crippen LogP contribution in [0.15, 0.2) is 60.7 Å². The zero-order chi connectivity index (χ0) is 30.9. The lowest BCUT2D eigenvalue weighted by molar-refractivity contribution is -0.131. The number of halogens is 2. The Kier molecular flexibility index (Phi) is 8.98. The lowest BCUT2D eigenvalue weighted by Crippen LogP contribution is -2.70. The van der Waals surface area contributed by atoms with Gasteiger partial charge in [-0.25, -0.2) is 0 Å². The van der Waals surface area contributed by atoms with Gasteiger partial charge in [-0.05, 0) is 74.0 Å². The molecule has 0 saturated carbocycles. The molecule has 3 aromatic rings. The van der Waals surface area contributed by atoms with Crippen molar-refractivity contribution in [2.75, 3.05) is 33.9 Å². The fraction of sp³-hybridized carbons (Fsp3) is 0.412. The minimum Gasteiger partial charge on any atom is -0.496 e. The van der Waals surface area contributed by atoms with Crippen molar-refractivity contribution in [1.29, 1.82) is 0 Å². The predicted octanol–water partition coefficient (Wildman–Crippen LogP) is 6.13. The van der Waals surface area contributed by atoms with Gasteiger partial charge in [0, 0.05) is 30.1 Å². The quantitative estimate of drug-likeness (QED) is 0.315. The largest absolute Gasteiger partial charge is 0.496 e. The first-order valence-electron chi connectivity index (χ1n) is 14.7. The summed E-state index contributed by atoms with van der Waals surface area (Å²) in [5.41, 5.74) is 7.47. The van der Waals surface area contributed by atoms with E-state index < -0.39 is 22.8 Å². The number of likely N-dealkylation sites (tertiary alicyclic amines) is 1. The number of nitrogens with one attached hydrogen (secondary N) is 1. The van der Waals surface area contributed by atoms with Crippen LogP contribution < -0.4 is 20.5 Å². The molecule has 43 heavy (non-hydrogen) atoms. The summed E-state index contributed by atoms with van der Waals surface area (Å²) >= 11 is 13.1. The van der Waals surface area contributed by atoms with Crippen LogP contribution in [0.25, 0.3) is 0 Å². The molecular formula is C34H39Cl2N3O4. The van der Waals surface area contributed by atoms with Crippen molar-refractivity contribution in [1.82, 2.24) is 10.2 Å². The zero-order valence-electron chi connectivity index (χ0n) is 25.1. The second kappa shape index (κ2) is 12.4. The Hall–Kier alpha value is -3.26. The number of piperidine rings is 1. The monoisotopic (exact) mass is 623 g/mol. The molecule has 9 heteroatoms. The molecular weight excluding hydrogens is 585 g/mol. The highest BCUT2D eigenvalue weighted by Gasteiger charge is 2.64. The lowest BCUT2D eigenvalue weighted by atomic mass is 9.51. The Bertz CT molecular complexity index is 1490. The summed E-state index contributed by atoms with van der Waals surface area (Å²) in [6.45, 7) is 5.83. The minimum atomic E-state index is -1.11. The Labute approximate surface area is 263 Å². The zero-order valence-corrected chi connectivity index (χ0v) is 26.6. The average Bonchev–Trinajstić information content (AvgIpc) is 3.57. The molecule has 2 saturated heterocycles. The molecule has 2 amide bonds. The fourth-order valence-corrected chi connectivity index (χ4v) is 8.13. The second-order valence-corrected chi connectivity index (χ2v) is 12.4. The molecule has 2 aliphatic heterocycles. The van der Waals surface area contributed by atoms with E-state index in [1.807, 2.05) is 54.3 Å². The van der Waals surface area contributed by atoms with Crippen LogP contribution >= 0.6 is 23.2 Å². The van der Waals surface area contributed by atoms with Crippen molar-refractivity contribution in [2.24, 2.45) is 11.7 Å². The highest BCUT2D eigenvalue weighted by molar-refractivity contribution is 6.42. The highest BCUT2D eigenvalue weighted by atomic mass is 35.5. The molecule has 2 heterocycles. The van der Waals surface area contributed by atoms with Gasteiger partial charge in [-0.2, -0.15) is 0 Å². The van der Waals surface area contributed by atoms with Gasteiger partial charge < -0.3 is 25.4 Å². The van der Waals surface area contributed by atoms with Crippen LogP contribution in [-0.4, -0.2) is 56.1 Å². The van der Waals surface area contributed by atoms with Crippen LogP contribution in [0.5, 0.6) is 11.5 Å². The normalized spacial score (nSPS) is 25.4. The maximum absolute atomic E-state index is 14.8. The fourth-order valence-electron chi connectivity index (χ4n) is 7.82. The van der Waals surface area contributed by atoms with E-state index in [1.54, 1.807) is 32.4 Å². The van der Waals surface area contributed by atoms with Crippen LogP contribution in [0.2, 0.25) is 10.0 Å². The topological polar surface area (TPSA) is 93.9 Å². The Morgan fingerprint density at radius 1 is 1.02 bits per heavy atom. The summed E-state index contributed by atoms with van der Waals surface area (Å²) in [6, 6.07) is 18.8. The van der Waals surface area contributed by atoms with Gasteiger partial charge >= 0.3 is 0 Å². The van der Waals surface area contributed by atoms with Crippen molar-refractivity contribution in [3.8, 4) is 11.5 Å². The number of carbonyl (C=O) groups excluding carboxylic acids is 2. The maximum atomic E-state index is 14.8. The maximum Gasteiger partial charge on any atom is 0.254 e. The number of hydrogen-bond acceptors (Lipinski definition) is 5. The number of amides is 2. The van der Waals surface area contributed by atoms with E-state index in [4.69, 9.17) is 38.4 Å². The van der Waals surface area contributed by atoms with Gasteiger partial charge in [0.15, 0.2) is 0 Å². The summed E-state index contributed by atoms with van der Waals surface area (Å²) in [6.07, 6.45) is 1.75. The SMILES string of the molecule is CCC1(C2CCNC2)C(c2ccc(Cl)c(Cl)c2)C(C(N)=O)(c2ccccc2)CCN1C(=O)c1cc(OC)c(C)c(OC)c1. The van der Waals surface area contributed by atoms with Crippen LogP contribution in [0.1, 0.15) is 59.2 Å². The van der Waals surface area contributed by atoms with Gasteiger partial charge in [-0.15, -0.1) is 0 Å². The van der Waals surface area contributed by atoms with Crippen molar-refractivity contribution >= 4 is 35.0 Å². The van der Waals surface area contributed by atoms with E-state index in [0.29, 0.717) is 53.0 Å². The third-order valence-corrected chi connectivity index (χ3v) is 10.5. The lowest BCUT2D eigenvalue weighted by Gasteiger charge is -2.61. The molecule has 4 unspecified atom stereocenters. The Balaban J connectivity index is 1.81. The van der Waals surface area contributed by atoms with Gasteiger partial charge in [0.05, 0.1) is 35.2 Å². The standard InChI is InChI=1S/C34H39Cl2N3O4/c1-5-34(25-13-15-38-20-25)30(22-11-12-26(35)27(36)17-22)33(32(37)41,24-9-7-6-8-10-24)14-16-39(34)31(40)23-18-28(42-3)21(2)29(19-23)43-4/h6-12,17-19,25,30,38H,5,13-16,20H2,1-4H3,(H2,37,41). The number of hydrogen-bond donors (Lipinski definition) is 2. The second-order valence-electron chi connectivity index (χ2n) is 11.6. The molecule has 0 radical (unpaired) electrons. The first-order chi connectivity index (χ1) is 20.6. The van der Waals surface area contributed by atoms with Crippen molar-refractivity contribution < 1.29 is 19.1 Å². The van der Waals surface area contributed by atoms with E-state index in [-0.39, 0.29) is 11.8 Å². The van der Waals surface area contributed by atoms with Crippen molar-refractivity contribution in [2.45, 2.75) is 50.0 Å². The van der Waals surface area contributed by atoms with Gasteiger partial charge in [0.1, 0.15) is 11.5 Å². The van der Waals surface area contributed by atoms with Crippen LogP contribution in [0.3, 0.4) is 0 Å². The van der Waals surface area contributed by atoms with E-state index in [2.05, 4.69) is 12.2 Å². The number of benzene rings is 3. The molecule has 2 aliphatic rings. The molecule has 5 rings (SSSR count). The van der Waals surface area contributed by atoms with Gasteiger partial charge in [-0.1, -0.05) is 66.5 Å². The molecule has 4 atom stereocenters. The smallest absolute Gasteiger partial charge is 0.254 e. The van der Waals surface area contributed by atoms with Crippen LogP contribution in [-0.2, 0) is 10.2 Å². The molecule has 0 bridgehead atoms. The average molecular weight is 625 g/mol. The first-order valence-corrected chi connectivity index (χ1v) is 15.5. The molecule has 2 fully saturated rings. The number of ether oxygens (including phenoxy) is 2. The van der Waals surface area contributed by atoms with Crippen molar-refractivity contribution in [3.05, 3.63) is 93.0 Å². The number of methoxy groups -OCH3 is 2. The summed E-state index contributed by atoms with van der Waals surface area (Å²) < 4.78 is 11.3. The van der Waals surface area contributed by atoms with E-state index in [1.165, 1.54) is 0 Å². The first kappa shape index (κ1) is 31.2. The molecule has 228 valence electrons. The molecule has 0 spiro atoms. The third kappa shape index (κ3) is 5.05. The van der Waals surface area contributed by atoms with Crippen LogP contribution in [0.4, 0.5) is 0 Å². The molecule has 0 aromatic heterocycles. The van der Waals surface area contributed by atoms with Crippen molar-refractivity contribution in [3.63, 3.8) is 0 Å². The van der Waals surface area contributed by atoms with E-state index in [9.17, 15) is 9.59 Å². The predicted molar refractivity (Wildman–Crippen MR) is 170 cm³/mol. The molecule has 3 aromatic carbocycles. The summed E-state index contributed by atoms with van der Waals surface area (Å²) in [4.78, 5) is 30.8. The Morgan fingerprint density at radius 2 is 1.70 bits per heavy atom. The van der Waals surface area contributed by atoms with Gasteiger partial charge in [0.25, 0.3) is 5.91 Å². The Morgan fingerprint density at radius 3 is 2.23 bits per heavy atom. The number of nitrogens with two attached hydrogens (primary N) is 1. The molecule has 0 aliphatic carbocycles. The van der Waals surface area contributed by atoms with Crippen LogP contribution in [0, 0.1) is 12.8 Å². The summed E-state index contributed by atoms with van der Waals surface area (Å²) in [5, 5.41) is 4.32. The minimum absolute atomic E-state index is 0.0258. The number of carbonyl (C=O) groups is 2. The summed E-state index contributed by atoms with van der Waals surface area (Å²) in [7, 11) is 3.16. The van der Waals surface area contributed by atoms with E-state index in [0.717, 1.165) is 29.7 Å². The van der Waals surface area contributed by atoms with Gasteiger partial charge in [-0.3, -0.25) is 9.59 Å².